The quantitative estimate of drug-likeness (QED) is 0.429. The monoisotopic (exact) mass is 331 g/mol. The van der Waals surface area contributed by atoms with Gasteiger partial charge < -0.3 is 16.9 Å². The van der Waals surface area contributed by atoms with Crippen molar-refractivity contribution in [1.82, 2.24) is 5.43 Å². The fourth-order valence-corrected chi connectivity index (χ4v) is 2.39. The van der Waals surface area contributed by atoms with Crippen LogP contribution in [0.25, 0.3) is 0 Å². The van der Waals surface area contributed by atoms with Crippen molar-refractivity contribution in [3.8, 4) is 0 Å². The minimum absolute atomic E-state index is 0.00806. The maximum atomic E-state index is 13.3. The van der Waals surface area contributed by atoms with Gasteiger partial charge in [-0.05, 0) is 35.4 Å². The zero-order valence-corrected chi connectivity index (χ0v) is 13.2. The molecule has 5 nitrogen and oxygen atoms in total. The lowest BCUT2D eigenvalue weighted by atomic mass is 9.86. The molecule has 0 heterocycles. The minimum Gasteiger partial charge on any atom is -0.382 e. The van der Waals surface area contributed by atoms with Crippen molar-refractivity contribution >= 4 is 11.5 Å². The average Bonchev–Trinajstić information content (AvgIpc) is 2.58. The summed E-state index contributed by atoms with van der Waals surface area (Å²) < 4.78 is 26.6. The van der Waals surface area contributed by atoms with E-state index in [2.05, 4.69) is 15.5 Å². The maximum Gasteiger partial charge on any atom is 0.144 e. The van der Waals surface area contributed by atoms with Gasteiger partial charge in [-0.2, -0.15) is 5.10 Å². The number of nitrogens with one attached hydrogen (secondary N) is 1. The molecule has 0 unspecified atom stereocenters. The van der Waals surface area contributed by atoms with E-state index in [0.29, 0.717) is 5.71 Å². The molecule has 0 aliphatic heterocycles. The molecule has 0 saturated carbocycles. The summed E-state index contributed by atoms with van der Waals surface area (Å²) in [6.07, 6.45) is 0. The van der Waals surface area contributed by atoms with Crippen LogP contribution in [-0.4, -0.2) is 25.3 Å². The molecule has 0 amide bonds. The number of halogens is 2. The van der Waals surface area contributed by atoms with Crippen LogP contribution in [0, 0.1) is 11.6 Å². The van der Waals surface area contributed by atoms with Crippen LogP contribution in [0.5, 0.6) is 0 Å². The highest BCUT2D eigenvalue weighted by Gasteiger charge is 2.24. The van der Waals surface area contributed by atoms with Crippen LogP contribution < -0.4 is 16.9 Å². The van der Waals surface area contributed by atoms with E-state index in [1.54, 1.807) is 31.3 Å². The Bertz CT molecular complexity index is 678. The molecule has 2 rings (SSSR count). The Morgan fingerprint density at radius 1 is 1.00 bits per heavy atom. The van der Waals surface area contributed by atoms with Crippen molar-refractivity contribution in [1.29, 1.82) is 0 Å². The fraction of sp³-hybridized carbons (Fsp3) is 0.176. The van der Waals surface area contributed by atoms with Gasteiger partial charge in [0.25, 0.3) is 0 Å². The predicted octanol–water partition coefficient (Wildman–Crippen LogP) is 1.95. The van der Waals surface area contributed by atoms with Crippen LogP contribution in [0.3, 0.4) is 0 Å². The predicted molar refractivity (Wildman–Crippen MR) is 91.8 cm³/mol. The Kier molecular flexibility index (Phi) is 5.97. The molecule has 24 heavy (non-hydrogen) atoms. The number of nitrogens with two attached hydrogens (primary N) is 2. The number of amidine groups is 1. The second-order valence-corrected chi connectivity index (χ2v) is 4.98. The lowest BCUT2D eigenvalue weighted by Gasteiger charge is -2.20. The molecule has 2 aromatic carbocycles. The highest BCUT2D eigenvalue weighted by atomic mass is 19.1. The van der Waals surface area contributed by atoms with Crippen molar-refractivity contribution in [2.24, 2.45) is 21.6 Å². The second-order valence-electron chi connectivity index (χ2n) is 4.98. The van der Waals surface area contributed by atoms with E-state index in [-0.39, 0.29) is 24.1 Å². The summed E-state index contributed by atoms with van der Waals surface area (Å²) in [5.74, 6) is -1.00. The molecule has 0 fully saturated rings. The van der Waals surface area contributed by atoms with E-state index >= 15 is 0 Å². The SMILES string of the molecule is CN/N=C(\C(N)=NCN)C(c1ccc(F)cc1)c1ccc(F)cc1. The van der Waals surface area contributed by atoms with Gasteiger partial charge in [-0.15, -0.1) is 0 Å². The van der Waals surface area contributed by atoms with Crippen LogP contribution in [0.15, 0.2) is 58.6 Å². The molecule has 2 aromatic rings. The Hall–Kier alpha value is -2.80. The largest absolute Gasteiger partial charge is 0.382 e. The van der Waals surface area contributed by atoms with Gasteiger partial charge in [-0.1, -0.05) is 24.3 Å². The molecule has 0 spiro atoms. The normalized spacial score (nSPS) is 12.5. The third-order valence-electron chi connectivity index (χ3n) is 3.44. The molecule has 0 atom stereocenters. The first kappa shape index (κ1) is 17.6. The zero-order chi connectivity index (χ0) is 17.5. The van der Waals surface area contributed by atoms with Crippen LogP contribution in [-0.2, 0) is 0 Å². The fourth-order valence-electron chi connectivity index (χ4n) is 2.39. The summed E-state index contributed by atoms with van der Waals surface area (Å²) in [5.41, 5.74) is 16.0. The van der Waals surface area contributed by atoms with E-state index in [9.17, 15) is 8.78 Å². The molecule has 7 heteroatoms. The highest BCUT2D eigenvalue weighted by Crippen LogP contribution is 2.27. The Balaban J connectivity index is 2.60. The molecular weight excluding hydrogens is 312 g/mol. The molecular formula is C17H19F2N5. The topological polar surface area (TPSA) is 88.8 Å². The lowest BCUT2D eigenvalue weighted by molar-refractivity contribution is 0.626. The summed E-state index contributed by atoms with van der Waals surface area (Å²) in [4.78, 5) is 4.00. The summed E-state index contributed by atoms with van der Waals surface area (Å²) in [7, 11) is 1.63. The van der Waals surface area contributed by atoms with Crippen LogP contribution in [0.4, 0.5) is 8.78 Å². The van der Waals surface area contributed by atoms with E-state index in [1.165, 1.54) is 24.3 Å². The molecule has 0 aromatic heterocycles. The first-order valence-electron chi connectivity index (χ1n) is 7.32. The van der Waals surface area contributed by atoms with Gasteiger partial charge in [0.1, 0.15) is 23.2 Å². The van der Waals surface area contributed by atoms with E-state index in [0.717, 1.165) is 11.1 Å². The summed E-state index contributed by atoms with van der Waals surface area (Å²) in [6.45, 7) is 0.00806. The third-order valence-corrected chi connectivity index (χ3v) is 3.44. The van der Waals surface area contributed by atoms with Crippen molar-refractivity contribution in [2.75, 3.05) is 13.7 Å². The smallest absolute Gasteiger partial charge is 0.144 e. The number of rotatable bonds is 6. The van der Waals surface area contributed by atoms with Gasteiger partial charge in [0, 0.05) is 7.05 Å². The van der Waals surface area contributed by atoms with Crippen molar-refractivity contribution < 1.29 is 8.78 Å². The first-order valence-corrected chi connectivity index (χ1v) is 7.32. The molecule has 0 radical (unpaired) electrons. The minimum atomic E-state index is -0.450. The van der Waals surface area contributed by atoms with Gasteiger partial charge >= 0.3 is 0 Å². The van der Waals surface area contributed by atoms with Crippen molar-refractivity contribution in [3.05, 3.63) is 71.3 Å². The van der Waals surface area contributed by atoms with Crippen molar-refractivity contribution in [2.45, 2.75) is 5.92 Å². The average molecular weight is 331 g/mol. The number of nitrogens with zero attached hydrogens (tertiary/aromatic N) is 2. The second kappa shape index (κ2) is 8.16. The standard InChI is InChI=1S/C17H19F2N5/c1-22-24-16(17(21)23-10-20)15(11-2-6-13(18)7-3-11)12-4-8-14(19)9-5-12/h2-9,15,22H,10,20H2,1H3,(H2,21,23)/b24-16-. The number of hydrogen-bond acceptors (Lipinski definition) is 4. The maximum absolute atomic E-state index is 13.3. The molecule has 5 N–H and O–H groups in total. The number of hydrogen-bond donors (Lipinski definition) is 3. The van der Waals surface area contributed by atoms with Gasteiger partial charge in [0.2, 0.25) is 0 Å². The lowest BCUT2D eigenvalue weighted by Crippen LogP contribution is -2.32. The van der Waals surface area contributed by atoms with Crippen LogP contribution >= 0.6 is 0 Å². The summed E-state index contributed by atoms with van der Waals surface area (Å²) in [5, 5.41) is 4.21. The Morgan fingerprint density at radius 2 is 1.46 bits per heavy atom. The Labute approximate surface area is 139 Å². The number of aliphatic imine (C=N–C) groups is 1. The van der Waals surface area contributed by atoms with E-state index in [4.69, 9.17) is 11.5 Å². The van der Waals surface area contributed by atoms with Gasteiger partial charge in [0.15, 0.2) is 0 Å². The molecule has 126 valence electrons. The van der Waals surface area contributed by atoms with Crippen LogP contribution in [0.1, 0.15) is 17.0 Å². The van der Waals surface area contributed by atoms with Crippen molar-refractivity contribution in [3.63, 3.8) is 0 Å². The van der Waals surface area contributed by atoms with E-state index in [1.807, 2.05) is 0 Å². The zero-order valence-electron chi connectivity index (χ0n) is 13.2. The summed E-state index contributed by atoms with van der Waals surface area (Å²) in [6, 6.07) is 11.9. The molecule has 0 bridgehead atoms. The molecule has 0 aliphatic carbocycles. The third kappa shape index (κ3) is 4.14. The van der Waals surface area contributed by atoms with Crippen LogP contribution in [0.2, 0.25) is 0 Å². The van der Waals surface area contributed by atoms with E-state index < -0.39 is 5.92 Å². The molecule has 0 aliphatic rings. The molecule has 0 saturated heterocycles. The Morgan fingerprint density at radius 3 is 1.83 bits per heavy atom. The van der Waals surface area contributed by atoms with Gasteiger partial charge in [0.05, 0.1) is 12.6 Å². The highest BCUT2D eigenvalue weighted by molar-refractivity contribution is 6.43. The van der Waals surface area contributed by atoms with Gasteiger partial charge in [-0.25, -0.2) is 8.78 Å². The van der Waals surface area contributed by atoms with Gasteiger partial charge in [-0.3, -0.25) is 4.99 Å². The number of hydrazone groups is 1. The number of benzene rings is 2. The summed E-state index contributed by atoms with van der Waals surface area (Å²) >= 11 is 0. The first-order chi connectivity index (χ1) is 11.6.